The molecule has 6 heteroatoms. The van der Waals surface area contributed by atoms with Gasteiger partial charge in [-0.1, -0.05) is 13.8 Å². The number of anilines is 2. The Hall–Kier alpha value is -1.43. The number of aromatic nitrogens is 3. The lowest BCUT2D eigenvalue weighted by Gasteiger charge is -2.32. The lowest BCUT2D eigenvalue weighted by molar-refractivity contribution is 0.312. The molecule has 6 nitrogen and oxygen atoms in total. The minimum Gasteiger partial charge on any atom is -0.353 e. The summed E-state index contributed by atoms with van der Waals surface area (Å²) < 4.78 is 0. The SMILES string of the molecule is CC(C)CCNc1nncc(N2CCN(C)CC2)n1. The van der Waals surface area contributed by atoms with E-state index < -0.39 is 0 Å². The first kappa shape index (κ1) is 14.0. The van der Waals surface area contributed by atoms with E-state index in [0.29, 0.717) is 11.9 Å². The van der Waals surface area contributed by atoms with Gasteiger partial charge in [0.25, 0.3) is 0 Å². The van der Waals surface area contributed by atoms with Crippen LogP contribution in [0, 0.1) is 5.92 Å². The first-order valence-corrected chi connectivity index (χ1v) is 7.02. The van der Waals surface area contributed by atoms with Crippen molar-refractivity contribution in [2.45, 2.75) is 20.3 Å². The van der Waals surface area contributed by atoms with E-state index in [2.05, 4.69) is 51.2 Å². The summed E-state index contributed by atoms with van der Waals surface area (Å²) in [6.07, 6.45) is 2.86. The van der Waals surface area contributed by atoms with Crippen molar-refractivity contribution in [1.29, 1.82) is 0 Å². The van der Waals surface area contributed by atoms with E-state index in [4.69, 9.17) is 0 Å². The number of hydrogen-bond acceptors (Lipinski definition) is 6. The Morgan fingerprint density at radius 3 is 2.68 bits per heavy atom. The minimum absolute atomic E-state index is 0.636. The monoisotopic (exact) mass is 264 g/mol. The Bertz CT molecular complexity index is 386. The number of hydrogen-bond donors (Lipinski definition) is 1. The maximum atomic E-state index is 4.54. The molecule has 0 spiro atoms. The van der Waals surface area contributed by atoms with Gasteiger partial charge in [-0.3, -0.25) is 0 Å². The van der Waals surface area contributed by atoms with Gasteiger partial charge in [-0.25, -0.2) is 0 Å². The first-order chi connectivity index (χ1) is 9.15. The molecule has 1 N–H and O–H groups in total. The Balaban J connectivity index is 1.91. The largest absolute Gasteiger partial charge is 0.353 e. The molecule has 19 heavy (non-hydrogen) atoms. The van der Waals surface area contributed by atoms with Crippen molar-refractivity contribution in [2.24, 2.45) is 5.92 Å². The van der Waals surface area contributed by atoms with Crippen LogP contribution in [0.15, 0.2) is 6.20 Å². The van der Waals surface area contributed by atoms with Crippen molar-refractivity contribution in [3.05, 3.63) is 6.20 Å². The molecular formula is C13H24N6. The first-order valence-electron chi connectivity index (χ1n) is 7.02. The zero-order chi connectivity index (χ0) is 13.7. The Morgan fingerprint density at radius 1 is 1.26 bits per heavy atom. The molecule has 0 atom stereocenters. The molecule has 0 aromatic carbocycles. The van der Waals surface area contributed by atoms with Gasteiger partial charge >= 0.3 is 0 Å². The van der Waals surface area contributed by atoms with Crippen LogP contribution in [0.25, 0.3) is 0 Å². The van der Waals surface area contributed by atoms with Crippen molar-refractivity contribution >= 4 is 11.8 Å². The summed E-state index contributed by atoms with van der Waals surface area (Å²) >= 11 is 0. The quantitative estimate of drug-likeness (QED) is 0.859. The molecular weight excluding hydrogens is 240 g/mol. The van der Waals surface area contributed by atoms with Gasteiger partial charge in [-0.2, -0.15) is 10.1 Å². The summed E-state index contributed by atoms with van der Waals surface area (Å²) in [5, 5.41) is 11.3. The van der Waals surface area contributed by atoms with E-state index in [1.807, 2.05) is 0 Å². The normalized spacial score (nSPS) is 16.9. The molecule has 1 aliphatic heterocycles. The van der Waals surface area contributed by atoms with E-state index in [9.17, 15) is 0 Å². The molecule has 2 heterocycles. The molecule has 1 saturated heterocycles. The molecule has 1 aromatic rings. The van der Waals surface area contributed by atoms with Gasteiger partial charge in [0.15, 0.2) is 5.82 Å². The Morgan fingerprint density at radius 2 is 2.00 bits per heavy atom. The zero-order valence-corrected chi connectivity index (χ0v) is 12.1. The van der Waals surface area contributed by atoms with E-state index in [0.717, 1.165) is 45.0 Å². The van der Waals surface area contributed by atoms with E-state index in [1.54, 1.807) is 6.20 Å². The second-order valence-electron chi connectivity index (χ2n) is 5.54. The fraction of sp³-hybridized carbons (Fsp3) is 0.769. The summed E-state index contributed by atoms with van der Waals surface area (Å²) in [6.45, 7) is 9.45. The fourth-order valence-corrected chi connectivity index (χ4v) is 2.03. The highest BCUT2D eigenvalue weighted by Gasteiger charge is 2.16. The summed E-state index contributed by atoms with van der Waals surface area (Å²) in [6, 6.07) is 0. The van der Waals surface area contributed by atoms with Crippen molar-refractivity contribution < 1.29 is 0 Å². The Kier molecular flexibility index (Phi) is 4.90. The number of piperazine rings is 1. The van der Waals surface area contributed by atoms with Crippen LogP contribution >= 0.6 is 0 Å². The molecule has 1 aromatic heterocycles. The van der Waals surface area contributed by atoms with Crippen molar-refractivity contribution in [3.63, 3.8) is 0 Å². The molecule has 0 bridgehead atoms. The van der Waals surface area contributed by atoms with Gasteiger partial charge < -0.3 is 15.1 Å². The molecule has 0 saturated carbocycles. The number of likely N-dealkylation sites (N-methyl/N-ethyl adjacent to an activating group) is 1. The van der Waals surface area contributed by atoms with Crippen molar-refractivity contribution in [3.8, 4) is 0 Å². The van der Waals surface area contributed by atoms with Crippen LogP contribution in [0.1, 0.15) is 20.3 Å². The van der Waals surface area contributed by atoms with Gasteiger partial charge in [0.2, 0.25) is 5.95 Å². The third kappa shape index (κ3) is 4.31. The molecule has 106 valence electrons. The van der Waals surface area contributed by atoms with Crippen LogP contribution in [0.3, 0.4) is 0 Å². The fourth-order valence-electron chi connectivity index (χ4n) is 2.03. The third-order valence-electron chi connectivity index (χ3n) is 3.38. The maximum Gasteiger partial charge on any atom is 0.244 e. The topological polar surface area (TPSA) is 57.2 Å². The second-order valence-corrected chi connectivity index (χ2v) is 5.54. The zero-order valence-electron chi connectivity index (χ0n) is 12.1. The van der Waals surface area contributed by atoms with Crippen LogP contribution < -0.4 is 10.2 Å². The average molecular weight is 264 g/mol. The highest BCUT2D eigenvalue weighted by molar-refractivity contribution is 5.40. The Labute approximate surface area is 115 Å². The minimum atomic E-state index is 0.636. The van der Waals surface area contributed by atoms with Crippen LogP contribution in [0.2, 0.25) is 0 Å². The summed E-state index contributed by atoms with van der Waals surface area (Å²) in [5.74, 6) is 2.24. The number of nitrogens with one attached hydrogen (secondary N) is 1. The highest BCUT2D eigenvalue weighted by atomic mass is 15.3. The second kappa shape index (κ2) is 6.65. The average Bonchev–Trinajstić information content (AvgIpc) is 2.39. The summed E-state index contributed by atoms with van der Waals surface area (Å²) in [4.78, 5) is 9.13. The van der Waals surface area contributed by atoms with Gasteiger partial charge in [0.1, 0.15) is 0 Å². The summed E-state index contributed by atoms with van der Waals surface area (Å²) in [7, 11) is 2.15. The molecule has 1 fully saturated rings. The van der Waals surface area contributed by atoms with Crippen LogP contribution in [0.4, 0.5) is 11.8 Å². The maximum absolute atomic E-state index is 4.54. The van der Waals surface area contributed by atoms with Gasteiger partial charge in [0.05, 0.1) is 6.20 Å². The highest BCUT2D eigenvalue weighted by Crippen LogP contribution is 2.13. The molecule has 0 amide bonds. The number of rotatable bonds is 5. The smallest absolute Gasteiger partial charge is 0.244 e. The van der Waals surface area contributed by atoms with Gasteiger partial charge in [-0.05, 0) is 19.4 Å². The molecule has 2 rings (SSSR count). The van der Waals surface area contributed by atoms with Crippen molar-refractivity contribution in [2.75, 3.05) is 50.0 Å². The van der Waals surface area contributed by atoms with E-state index in [1.165, 1.54) is 0 Å². The number of nitrogens with zero attached hydrogens (tertiary/aromatic N) is 5. The standard InChI is InChI=1S/C13H24N6/c1-11(2)4-5-14-13-16-12(10-15-17-13)19-8-6-18(3)7-9-19/h10-11H,4-9H2,1-3H3,(H,14,16,17). The van der Waals surface area contributed by atoms with Crippen LogP contribution in [0.5, 0.6) is 0 Å². The summed E-state index contributed by atoms with van der Waals surface area (Å²) in [5.41, 5.74) is 0. The molecule has 0 aliphatic carbocycles. The van der Waals surface area contributed by atoms with Crippen molar-refractivity contribution in [1.82, 2.24) is 20.1 Å². The molecule has 0 radical (unpaired) electrons. The van der Waals surface area contributed by atoms with E-state index >= 15 is 0 Å². The van der Waals surface area contributed by atoms with Crippen LogP contribution in [-0.4, -0.2) is 59.9 Å². The van der Waals surface area contributed by atoms with Gasteiger partial charge in [0, 0.05) is 32.7 Å². The molecule has 1 aliphatic rings. The molecule has 0 unspecified atom stereocenters. The van der Waals surface area contributed by atoms with Crippen LogP contribution in [-0.2, 0) is 0 Å². The predicted octanol–water partition coefficient (Wildman–Crippen LogP) is 1.08. The lowest BCUT2D eigenvalue weighted by atomic mass is 10.1. The lowest BCUT2D eigenvalue weighted by Crippen LogP contribution is -2.44. The third-order valence-corrected chi connectivity index (χ3v) is 3.38. The van der Waals surface area contributed by atoms with E-state index in [-0.39, 0.29) is 0 Å². The van der Waals surface area contributed by atoms with Gasteiger partial charge in [-0.15, -0.1) is 5.10 Å². The predicted molar refractivity (Wildman–Crippen MR) is 77.5 cm³/mol.